The van der Waals surface area contributed by atoms with E-state index in [0.29, 0.717) is 12.1 Å². The number of nitrogens with zero attached hydrogens (tertiary/aromatic N) is 2. The van der Waals surface area contributed by atoms with E-state index in [1.54, 1.807) is 0 Å². The number of nitrogens with one attached hydrogen (secondary N) is 1. The highest BCUT2D eigenvalue weighted by Crippen LogP contribution is 2.40. The minimum absolute atomic E-state index is 0.507. The summed E-state index contributed by atoms with van der Waals surface area (Å²) in [7, 11) is 4.56. The summed E-state index contributed by atoms with van der Waals surface area (Å²) in [4.78, 5) is 8.81. The Hall–Kier alpha value is -0.840. The fraction of sp³-hybridized carbons (Fsp3) is 0.529. The normalized spacial score (nSPS) is 27.4. The summed E-state index contributed by atoms with van der Waals surface area (Å²) >= 11 is 3.62. The van der Waals surface area contributed by atoms with Crippen molar-refractivity contribution in [1.82, 2.24) is 14.8 Å². The third-order valence-electron chi connectivity index (χ3n) is 5.33. The predicted molar refractivity (Wildman–Crippen MR) is 90.7 cm³/mol. The van der Waals surface area contributed by atoms with Crippen LogP contribution in [0.25, 0.3) is 10.9 Å². The number of fused-ring (bicyclic) bond motifs is 3. The number of hydrogen-bond acceptors (Lipinski definition) is 2. The van der Waals surface area contributed by atoms with Gasteiger partial charge in [-0.1, -0.05) is 15.9 Å². The van der Waals surface area contributed by atoms with Crippen molar-refractivity contribution in [1.29, 1.82) is 0 Å². The number of hydrogen-bond donors (Lipinski definition) is 1. The second-order valence-electron chi connectivity index (χ2n) is 6.57. The van der Waals surface area contributed by atoms with E-state index < -0.39 is 0 Å². The maximum absolute atomic E-state index is 3.73. The van der Waals surface area contributed by atoms with E-state index in [1.807, 2.05) is 0 Å². The van der Waals surface area contributed by atoms with Crippen molar-refractivity contribution in [3.63, 3.8) is 0 Å². The zero-order valence-electron chi connectivity index (χ0n) is 12.7. The molecule has 2 aliphatic heterocycles. The quantitative estimate of drug-likeness (QED) is 0.851. The van der Waals surface area contributed by atoms with Crippen LogP contribution < -0.4 is 0 Å². The standard InChI is InChI=1S/C17H22BrN3/c1-20-8-3-4-15(20)17-16-12(7-9-21(17)2)13-10-11(18)5-6-14(13)19-16/h5-6,10,15,17,19H,3-4,7-9H2,1-2H3/t15-,17+/m1/s1. The lowest BCUT2D eigenvalue weighted by Crippen LogP contribution is -2.43. The van der Waals surface area contributed by atoms with E-state index in [1.165, 1.54) is 46.0 Å². The maximum atomic E-state index is 3.73. The molecule has 112 valence electrons. The first-order chi connectivity index (χ1) is 10.1. The number of likely N-dealkylation sites (N-methyl/N-ethyl adjacent to an activating group) is 2. The average molecular weight is 348 g/mol. The van der Waals surface area contributed by atoms with Gasteiger partial charge in [0.2, 0.25) is 0 Å². The molecule has 3 heterocycles. The van der Waals surface area contributed by atoms with Crippen LogP contribution in [0.1, 0.15) is 30.1 Å². The Morgan fingerprint density at radius 2 is 2.05 bits per heavy atom. The summed E-state index contributed by atoms with van der Waals surface area (Å²) in [6, 6.07) is 7.75. The number of aromatic amines is 1. The van der Waals surface area contributed by atoms with Crippen LogP contribution in [0.4, 0.5) is 0 Å². The molecule has 0 saturated carbocycles. The molecule has 3 nitrogen and oxygen atoms in total. The van der Waals surface area contributed by atoms with E-state index in [2.05, 4.69) is 63.0 Å². The monoisotopic (exact) mass is 347 g/mol. The molecular formula is C17H22BrN3. The first-order valence-electron chi connectivity index (χ1n) is 7.85. The summed E-state index contributed by atoms with van der Waals surface area (Å²) in [5.41, 5.74) is 4.27. The van der Waals surface area contributed by atoms with Crippen molar-refractivity contribution >= 4 is 26.8 Å². The van der Waals surface area contributed by atoms with E-state index in [-0.39, 0.29) is 0 Å². The van der Waals surface area contributed by atoms with Gasteiger partial charge in [-0.05, 0) is 63.7 Å². The molecule has 4 rings (SSSR count). The van der Waals surface area contributed by atoms with E-state index in [4.69, 9.17) is 0 Å². The highest BCUT2D eigenvalue weighted by Gasteiger charge is 2.37. The Kier molecular flexibility index (Phi) is 3.36. The largest absolute Gasteiger partial charge is 0.357 e. The van der Waals surface area contributed by atoms with Gasteiger partial charge in [0.1, 0.15) is 0 Å². The first-order valence-corrected chi connectivity index (χ1v) is 8.65. The van der Waals surface area contributed by atoms with Crippen molar-refractivity contribution in [3.05, 3.63) is 33.9 Å². The molecule has 0 aliphatic carbocycles. The van der Waals surface area contributed by atoms with Gasteiger partial charge >= 0.3 is 0 Å². The van der Waals surface area contributed by atoms with Gasteiger partial charge in [-0.2, -0.15) is 0 Å². The van der Waals surface area contributed by atoms with Crippen LogP contribution in [-0.2, 0) is 6.42 Å². The second kappa shape index (κ2) is 5.11. The van der Waals surface area contributed by atoms with Crippen LogP contribution in [-0.4, -0.2) is 48.0 Å². The molecule has 2 aliphatic rings. The van der Waals surface area contributed by atoms with Crippen molar-refractivity contribution in [2.75, 3.05) is 27.2 Å². The molecule has 0 bridgehead atoms. The fourth-order valence-electron chi connectivity index (χ4n) is 4.23. The highest BCUT2D eigenvalue weighted by molar-refractivity contribution is 9.10. The Bertz CT molecular complexity index is 678. The number of rotatable bonds is 1. The number of likely N-dealkylation sites (tertiary alicyclic amines) is 1. The van der Waals surface area contributed by atoms with Gasteiger partial charge in [0.05, 0.1) is 6.04 Å². The lowest BCUT2D eigenvalue weighted by Gasteiger charge is -2.39. The van der Waals surface area contributed by atoms with Crippen molar-refractivity contribution in [3.8, 4) is 0 Å². The zero-order chi connectivity index (χ0) is 14.6. The van der Waals surface area contributed by atoms with E-state index in [9.17, 15) is 0 Å². The number of halogens is 1. The lowest BCUT2D eigenvalue weighted by molar-refractivity contribution is 0.129. The van der Waals surface area contributed by atoms with Gasteiger partial charge in [0.25, 0.3) is 0 Å². The molecular weight excluding hydrogens is 326 g/mol. The van der Waals surface area contributed by atoms with Gasteiger partial charge in [0, 0.05) is 33.7 Å². The van der Waals surface area contributed by atoms with Gasteiger partial charge in [-0.25, -0.2) is 0 Å². The zero-order valence-corrected chi connectivity index (χ0v) is 14.3. The topological polar surface area (TPSA) is 22.3 Å². The van der Waals surface area contributed by atoms with Gasteiger partial charge in [0.15, 0.2) is 0 Å². The van der Waals surface area contributed by atoms with Crippen molar-refractivity contribution in [2.45, 2.75) is 31.3 Å². The molecule has 2 atom stereocenters. The SMILES string of the molecule is CN1CCC[C@@H]1[C@H]1c2[nH]c3ccc(Br)cc3c2CCN1C. The molecule has 1 aromatic carbocycles. The summed E-state index contributed by atoms with van der Waals surface area (Å²) in [5.74, 6) is 0. The maximum Gasteiger partial charge on any atom is 0.0656 e. The van der Waals surface area contributed by atoms with Crippen LogP contribution >= 0.6 is 15.9 Å². The van der Waals surface area contributed by atoms with Crippen LogP contribution in [0, 0.1) is 0 Å². The van der Waals surface area contributed by atoms with Crippen molar-refractivity contribution < 1.29 is 0 Å². The molecule has 1 saturated heterocycles. The minimum Gasteiger partial charge on any atom is -0.357 e. The Morgan fingerprint density at radius 3 is 2.81 bits per heavy atom. The molecule has 0 radical (unpaired) electrons. The van der Waals surface area contributed by atoms with Crippen LogP contribution in [0.3, 0.4) is 0 Å². The number of benzene rings is 1. The molecule has 1 fully saturated rings. The van der Waals surface area contributed by atoms with Crippen LogP contribution in [0.5, 0.6) is 0 Å². The lowest BCUT2D eigenvalue weighted by atomic mass is 9.92. The first kappa shape index (κ1) is 13.8. The highest BCUT2D eigenvalue weighted by atomic mass is 79.9. The average Bonchev–Trinajstić information content (AvgIpc) is 3.02. The second-order valence-corrected chi connectivity index (χ2v) is 7.49. The summed E-state index contributed by atoms with van der Waals surface area (Å²) in [6.45, 7) is 2.39. The summed E-state index contributed by atoms with van der Waals surface area (Å²) in [6.07, 6.45) is 3.78. The third kappa shape index (κ3) is 2.16. The van der Waals surface area contributed by atoms with Crippen molar-refractivity contribution in [2.24, 2.45) is 0 Å². The third-order valence-corrected chi connectivity index (χ3v) is 5.82. The Balaban J connectivity index is 1.85. The Morgan fingerprint density at radius 1 is 1.19 bits per heavy atom. The summed E-state index contributed by atoms with van der Waals surface area (Å²) in [5, 5.41) is 1.40. The fourth-order valence-corrected chi connectivity index (χ4v) is 4.59. The molecule has 1 N–H and O–H groups in total. The van der Waals surface area contributed by atoms with Crippen LogP contribution in [0.2, 0.25) is 0 Å². The van der Waals surface area contributed by atoms with Gasteiger partial charge in [-0.3, -0.25) is 4.90 Å². The molecule has 0 amide bonds. The minimum atomic E-state index is 0.507. The predicted octanol–water partition coefficient (Wildman–Crippen LogP) is 3.55. The number of aromatic nitrogens is 1. The van der Waals surface area contributed by atoms with Gasteiger partial charge in [-0.15, -0.1) is 0 Å². The molecule has 4 heteroatoms. The summed E-state index contributed by atoms with van der Waals surface area (Å²) < 4.78 is 1.17. The molecule has 0 spiro atoms. The smallest absolute Gasteiger partial charge is 0.0656 e. The Labute approximate surface area is 134 Å². The molecule has 0 unspecified atom stereocenters. The van der Waals surface area contributed by atoms with E-state index >= 15 is 0 Å². The molecule has 21 heavy (non-hydrogen) atoms. The van der Waals surface area contributed by atoms with E-state index in [0.717, 1.165) is 13.0 Å². The molecule has 1 aromatic heterocycles. The molecule has 2 aromatic rings. The number of H-pyrrole nitrogens is 1. The van der Waals surface area contributed by atoms with Crippen LogP contribution in [0.15, 0.2) is 22.7 Å². The van der Waals surface area contributed by atoms with Gasteiger partial charge < -0.3 is 9.88 Å².